The fourth-order valence-corrected chi connectivity index (χ4v) is 2.25. The lowest BCUT2D eigenvalue weighted by Crippen LogP contribution is -2.57. The van der Waals surface area contributed by atoms with E-state index in [1.807, 2.05) is 0 Å². The summed E-state index contributed by atoms with van der Waals surface area (Å²) in [5.41, 5.74) is 0. The van der Waals surface area contributed by atoms with Crippen LogP contribution in [0.1, 0.15) is 19.3 Å². The molecule has 4 nitrogen and oxygen atoms in total. The van der Waals surface area contributed by atoms with Crippen molar-refractivity contribution in [2.75, 3.05) is 26.2 Å². The Hall–Kier alpha value is -0.610. The van der Waals surface area contributed by atoms with E-state index in [-0.39, 0.29) is 18.6 Å². The molecule has 2 heterocycles. The van der Waals surface area contributed by atoms with E-state index in [1.165, 1.54) is 0 Å². The van der Waals surface area contributed by atoms with Crippen molar-refractivity contribution in [2.45, 2.75) is 25.3 Å². The van der Waals surface area contributed by atoms with E-state index < -0.39 is 0 Å². The summed E-state index contributed by atoms with van der Waals surface area (Å²) >= 11 is 0. The molecule has 0 aromatic rings. The number of amides is 1. The minimum atomic E-state index is 0.0697. The Morgan fingerprint density at radius 1 is 1.43 bits per heavy atom. The molecule has 0 aromatic carbocycles. The zero-order chi connectivity index (χ0) is 9.97. The van der Waals surface area contributed by atoms with Crippen molar-refractivity contribution >= 4 is 5.91 Å². The third-order valence-electron chi connectivity index (χ3n) is 3.19. The Balaban J connectivity index is 1.86. The minimum Gasteiger partial charge on any atom is -0.396 e. The van der Waals surface area contributed by atoms with E-state index >= 15 is 0 Å². The van der Waals surface area contributed by atoms with Gasteiger partial charge in [0.25, 0.3) is 0 Å². The minimum absolute atomic E-state index is 0.0697. The first kappa shape index (κ1) is 9.93. The van der Waals surface area contributed by atoms with Crippen LogP contribution in [0.25, 0.3) is 0 Å². The highest BCUT2D eigenvalue weighted by molar-refractivity contribution is 5.82. The van der Waals surface area contributed by atoms with Crippen LogP contribution in [0.15, 0.2) is 0 Å². The fourth-order valence-electron chi connectivity index (χ4n) is 2.25. The molecule has 80 valence electrons. The second kappa shape index (κ2) is 4.28. The maximum absolute atomic E-state index is 11.6. The summed E-state index contributed by atoms with van der Waals surface area (Å²) in [6.45, 7) is 2.85. The fraction of sp³-hybridized carbons (Fsp3) is 0.900. The predicted molar refractivity (Wildman–Crippen MR) is 52.8 cm³/mol. The van der Waals surface area contributed by atoms with Crippen LogP contribution < -0.4 is 5.32 Å². The zero-order valence-electron chi connectivity index (χ0n) is 8.41. The summed E-state index contributed by atoms with van der Waals surface area (Å²) in [6, 6.07) is 0.0697. The van der Waals surface area contributed by atoms with Crippen molar-refractivity contribution in [1.29, 1.82) is 0 Å². The molecule has 2 fully saturated rings. The van der Waals surface area contributed by atoms with Gasteiger partial charge in [-0.3, -0.25) is 9.69 Å². The quantitative estimate of drug-likeness (QED) is 0.633. The van der Waals surface area contributed by atoms with Crippen molar-refractivity contribution < 1.29 is 9.90 Å². The number of carbonyl (C=O) groups is 1. The first-order valence-corrected chi connectivity index (χ1v) is 5.44. The van der Waals surface area contributed by atoms with Crippen molar-refractivity contribution in [2.24, 2.45) is 5.92 Å². The summed E-state index contributed by atoms with van der Waals surface area (Å²) in [4.78, 5) is 13.8. The van der Waals surface area contributed by atoms with Crippen LogP contribution in [0.4, 0.5) is 0 Å². The van der Waals surface area contributed by atoms with Gasteiger partial charge in [0, 0.05) is 32.2 Å². The normalized spacial score (nSPS) is 30.6. The number of aliphatic hydroxyl groups excluding tert-OH is 1. The molecule has 0 radical (unpaired) electrons. The number of aliphatic hydroxyl groups is 1. The molecule has 0 aliphatic carbocycles. The van der Waals surface area contributed by atoms with Crippen LogP contribution in [0.5, 0.6) is 0 Å². The first-order valence-electron chi connectivity index (χ1n) is 5.44. The molecule has 4 heteroatoms. The van der Waals surface area contributed by atoms with E-state index in [0.29, 0.717) is 5.92 Å². The molecular formula is C10H18N2O2. The largest absolute Gasteiger partial charge is 0.396 e. The SMILES string of the molecule is O=C1NCCCCC1N1CC(CO)C1. The maximum atomic E-state index is 11.6. The third-order valence-corrected chi connectivity index (χ3v) is 3.19. The molecular weight excluding hydrogens is 180 g/mol. The van der Waals surface area contributed by atoms with Gasteiger partial charge in [0.2, 0.25) is 5.91 Å². The molecule has 2 aliphatic rings. The molecule has 14 heavy (non-hydrogen) atoms. The Morgan fingerprint density at radius 2 is 2.21 bits per heavy atom. The molecule has 0 spiro atoms. The highest BCUT2D eigenvalue weighted by Crippen LogP contribution is 2.22. The maximum Gasteiger partial charge on any atom is 0.237 e. The average molecular weight is 198 g/mol. The van der Waals surface area contributed by atoms with E-state index in [9.17, 15) is 4.79 Å². The van der Waals surface area contributed by atoms with Gasteiger partial charge in [-0.2, -0.15) is 0 Å². The molecule has 0 bridgehead atoms. The van der Waals surface area contributed by atoms with Gasteiger partial charge in [0.05, 0.1) is 6.04 Å². The Labute approximate surface area is 84.3 Å². The van der Waals surface area contributed by atoms with Crippen molar-refractivity contribution in [1.82, 2.24) is 10.2 Å². The summed E-state index contributed by atoms with van der Waals surface area (Å²) in [6.07, 6.45) is 3.20. The number of hydrogen-bond acceptors (Lipinski definition) is 3. The smallest absolute Gasteiger partial charge is 0.237 e. The molecule has 1 atom stereocenters. The lowest BCUT2D eigenvalue weighted by Gasteiger charge is -2.42. The molecule has 2 rings (SSSR count). The number of likely N-dealkylation sites (tertiary alicyclic amines) is 1. The molecule has 0 saturated carbocycles. The second-order valence-corrected chi connectivity index (χ2v) is 4.31. The van der Waals surface area contributed by atoms with Crippen molar-refractivity contribution in [3.8, 4) is 0 Å². The topological polar surface area (TPSA) is 52.6 Å². The van der Waals surface area contributed by atoms with Crippen LogP contribution in [-0.2, 0) is 4.79 Å². The molecule has 0 aromatic heterocycles. The monoisotopic (exact) mass is 198 g/mol. The van der Waals surface area contributed by atoms with Gasteiger partial charge in [-0.15, -0.1) is 0 Å². The van der Waals surface area contributed by atoms with Gasteiger partial charge in [-0.25, -0.2) is 0 Å². The van der Waals surface area contributed by atoms with Crippen LogP contribution in [0, 0.1) is 5.92 Å². The Kier molecular flexibility index (Phi) is 3.03. The van der Waals surface area contributed by atoms with E-state index in [0.717, 1.165) is 38.9 Å². The average Bonchev–Trinajstić information content (AvgIpc) is 2.30. The van der Waals surface area contributed by atoms with E-state index in [2.05, 4.69) is 10.2 Å². The van der Waals surface area contributed by atoms with E-state index in [4.69, 9.17) is 5.11 Å². The van der Waals surface area contributed by atoms with Crippen LogP contribution in [-0.4, -0.2) is 48.2 Å². The standard InChI is InChI=1S/C10H18N2O2/c13-7-8-5-12(6-8)9-3-1-2-4-11-10(9)14/h8-9,13H,1-7H2,(H,11,14). The molecule has 1 amide bonds. The van der Waals surface area contributed by atoms with Gasteiger partial charge in [0.15, 0.2) is 0 Å². The van der Waals surface area contributed by atoms with Gasteiger partial charge in [-0.1, -0.05) is 0 Å². The molecule has 1 unspecified atom stereocenters. The molecule has 2 saturated heterocycles. The number of nitrogens with zero attached hydrogens (tertiary/aromatic N) is 1. The number of rotatable bonds is 2. The Bertz CT molecular complexity index is 214. The lowest BCUT2D eigenvalue weighted by molar-refractivity contribution is -0.129. The van der Waals surface area contributed by atoms with Crippen LogP contribution in [0.3, 0.4) is 0 Å². The van der Waals surface area contributed by atoms with Gasteiger partial charge < -0.3 is 10.4 Å². The van der Waals surface area contributed by atoms with Crippen molar-refractivity contribution in [3.05, 3.63) is 0 Å². The lowest BCUT2D eigenvalue weighted by atomic mass is 9.96. The highest BCUT2D eigenvalue weighted by Gasteiger charge is 2.35. The highest BCUT2D eigenvalue weighted by atomic mass is 16.3. The number of carbonyl (C=O) groups excluding carboxylic acids is 1. The van der Waals surface area contributed by atoms with E-state index in [1.54, 1.807) is 0 Å². The second-order valence-electron chi connectivity index (χ2n) is 4.31. The molecule has 2 aliphatic heterocycles. The van der Waals surface area contributed by atoms with Gasteiger partial charge in [0.1, 0.15) is 0 Å². The third kappa shape index (κ3) is 1.91. The summed E-state index contributed by atoms with van der Waals surface area (Å²) in [5, 5.41) is 11.8. The first-order chi connectivity index (χ1) is 6.81. The summed E-state index contributed by atoms with van der Waals surface area (Å²) in [7, 11) is 0. The Morgan fingerprint density at radius 3 is 2.93 bits per heavy atom. The molecule has 2 N–H and O–H groups in total. The van der Waals surface area contributed by atoms with Crippen molar-refractivity contribution in [3.63, 3.8) is 0 Å². The van der Waals surface area contributed by atoms with Crippen LogP contribution >= 0.6 is 0 Å². The summed E-state index contributed by atoms with van der Waals surface area (Å²) < 4.78 is 0. The summed E-state index contributed by atoms with van der Waals surface area (Å²) in [5.74, 6) is 0.574. The predicted octanol–water partition coefficient (Wildman–Crippen LogP) is -0.421. The van der Waals surface area contributed by atoms with Crippen LogP contribution in [0.2, 0.25) is 0 Å². The van der Waals surface area contributed by atoms with Gasteiger partial charge in [-0.05, 0) is 19.3 Å². The number of hydrogen-bond donors (Lipinski definition) is 2. The number of nitrogens with one attached hydrogen (secondary N) is 1. The van der Waals surface area contributed by atoms with Gasteiger partial charge >= 0.3 is 0 Å². The zero-order valence-corrected chi connectivity index (χ0v) is 8.41.